The lowest BCUT2D eigenvalue weighted by molar-refractivity contribution is -0.133. The average molecular weight is 423 g/mol. The Labute approximate surface area is 180 Å². The van der Waals surface area contributed by atoms with E-state index in [4.69, 9.17) is 9.47 Å². The molecule has 1 fully saturated rings. The van der Waals surface area contributed by atoms with Crippen molar-refractivity contribution in [3.63, 3.8) is 0 Å². The molecule has 0 aromatic heterocycles. The van der Waals surface area contributed by atoms with E-state index in [1.165, 1.54) is 0 Å². The Morgan fingerprint density at radius 2 is 1.77 bits per heavy atom. The van der Waals surface area contributed by atoms with Gasteiger partial charge in [0.2, 0.25) is 5.91 Å². The maximum atomic E-state index is 13.1. The number of imide groups is 1. The molecule has 0 radical (unpaired) electrons. The molecule has 2 N–H and O–H groups in total. The van der Waals surface area contributed by atoms with Gasteiger partial charge < -0.3 is 20.1 Å². The van der Waals surface area contributed by atoms with Crippen LogP contribution in [0.4, 0.5) is 10.5 Å². The maximum absolute atomic E-state index is 13.1. The molecule has 2 heterocycles. The highest BCUT2D eigenvalue weighted by molar-refractivity contribution is 6.10. The average Bonchev–Trinajstić information content (AvgIpc) is 2.97. The van der Waals surface area contributed by atoms with Crippen LogP contribution in [-0.4, -0.2) is 42.5 Å². The third kappa shape index (κ3) is 3.93. The minimum Gasteiger partial charge on any atom is -0.486 e. The van der Waals surface area contributed by atoms with Gasteiger partial charge in [-0.15, -0.1) is 0 Å². The predicted octanol–water partition coefficient (Wildman–Crippen LogP) is 2.99. The van der Waals surface area contributed by atoms with Gasteiger partial charge in [0, 0.05) is 11.8 Å². The third-order valence-corrected chi connectivity index (χ3v) is 5.56. The molecule has 0 unspecified atom stereocenters. The molecule has 0 saturated carbocycles. The molecule has 8 heteroatoms. The number of amides is 4. The molecule has 162 valence electrons. The van der Waals surface area contributed by atoms with Gasteiger partial charge in [0.1, 0.15) is 25.3 Å². The zero-order valence-corrected chi connectivity index (χ0v) is 17.7. The topological polar surface area (TPSA) is 97.0 Å². The number of fused-ring (bicyclic) bond motifs is 1. The van der Waals surface area contributed by atoms with Gasteiger partial charge in [-0.05, 0) is 36.1 Å². The van der Waals surface area contributed by atoms with Crippen LogP contribution >= 0.6 is 0 Å². The van der Waals surface area contributed by atoms with E-state index in [1.807, 2.05) is 24.3 Å². The number of benzene rings is 2. The lowest BCUT2D eigenvalue weighted by Gasteiger charge is -2.23. The number of hydrogen-bond donors (Lipinski definition) is 2. The number of hydrogen-bond acceptors (Lipinski definition) is 5. The Balaban J connectivity index is 1.45. The predicted molar refractivity (Wildman–Crippen MR) is 114 cm³/mol. The second-order valence-corrected chi connectivity index (χ2v) is 8.13. The van der Waals surface area contributed by atoms with Gasteiger partial charge in [0.25, 0.3) is 5.91 Å². The van der Waals surface area contributed by atoms with Gasteiger partial charge in [-0.3, -0.25) is 14.5 Å². The number of nitrogens with one attached hydrogen (secondary N) is 2. The van der Waals surface area contributed by atoms with Crippen molar-refractivity contribution in [3.05, 3.63) is 53.6 Å². The Hall–Kier alpha value is -3.55. The van der Waals surface area contributed by atoms with Crippen molar-refractivity contribution in [2.45, 2.75) is 32.2 Å². The third-order valence-electron chi connectivity index (χ3n) is 5.56. The van der Waals surface area contributed by atoms with Crippen LogP contribution < -0.4 is 20.1 Å². The quantitative estimate of drug-likeness (QED) is 0.721. The van der Waals surface area contributed by atoms with Gasteiger partial charge in [0.15, 0.2) is 11.5 Å². The maximum Gasteiger partial charge on any atom is 0.325 e. The van der Waals surface area contributed by atoms with Crippen molar-refractivity contribution in [2.24, 2.45) is 0 Å². The number of carbonyl (C=O) groups excluding carboxylic acids is 3. The number of rotatable bonds is 5. The molecule has 0 spiro atoms. The first-order valence-corrected chi connectivity index (χ1v) is 10.2. The molecule has 2 aliphatic rings. The van der Waals surface area contributed by atoms with Gasteiger partial charge in [-0.2, -0.15) is 0 Å². The van der Waals surface area contributed by atoms with Crippen molar-refractivity contribution in [2.75, 3.05) is 25.1 Å². The second kappa shape index (κ2) is 7.94. The molecule has 0 bridgehead atoms. The van der Waals surface area contributed by atoms with Crippen LogP contribution in [0.3, 0.4) is 0 Å². The van der Waals surface area contributed by atoms with E-state index in [1.54, 1.807) is 25.1 Å². The van der Waals surface area contributed by atoms with Gasteiger partial charge >= 0.3 is 6.03 Å². The lowest BCUT2D eigenvalue weighted by Crippen LogP contribution is -2.42. The second-order valence-electron chi connectivity index (χ2n) is 8.13. The Morgan fingerprint density at radius 1 is 1.10 bits per heavy atom. The first-order chi connectivity index (χ1) is 14.8. The zero-order valence-electron chi connectivity index (χ0n) is 17.7. The monoisotopic (exact) mass is 423 g/mol. The van der Waals surface area contributed by atoms with Crippen molar-refractivity contribution >= 4 is 23.5 Å². The fourth-order valence-corrected chi connectivity index (χ4v) is 3.70. The van der Waals surface area contributed by atoms with Crippen LogP contribution in [0.25, 0.3) is 0 Å². The van der Waals surface area contributed by atoms with Crippen LogP contribution in [0, 0.1) is 0 Å². The molecule has 2 aliphatic heterocycles. The summed E-state index contributed by atoms with van der Waals surface area (Å²) in [4.78, 5) is 39.0. The fraction of sp³-hybridized carbons (Fsp3) is 0.348. The summed E-state index contributed by atoms with van der Waals surface area (Å²) in [6.45, 7) is 6.34. The minimum atomic E-state index is -1.22. The van der Waals surface area contributed by atoms with Crippen molar-refractivity contribution in [1.82, 2.24) is 10.2 Å². The summed E-state index contributed by atoms with van der Waals surface area (Å²) in [5.74, 6) is 0.553. The Bertz CT molecular complexity index is 1030. The van der Waals surface area contributed by atoms with E-state index < -0.39 is 29.9 Å². The SMILES string of the molecule is CC(C)c1ccc([C@@]2(C)NC(=O)N(CC(=O)Nc3ccc4c(c3)OCCO4)C2=O)cc1. The van der Waals surface area contributed by atoms with Crippen LogP contribution in [0.1, 0.15) is 37.8 Å². The summed E-state index contributed by atoms with van der Waals surface area (Å²) in [6, 6.07) is 12.0. The molecule has 4 rings (SSSR count). The molecule has 0 aliphatic carbocycles. The molecule has 1 atom stereocenters. The first kappa shape index (κ1) is 20.7. The van der Waals surface area contributed by atoms with Crippen molar-refractivity contribution < 1.29 is 23.9 Å². The molecular formula is C23H25N3O5. The molecule has 2 aromatic carbocycles. The fourth-order valence-electron chi connectivity index (χ4n) is 3.70. The van der Waals surface area contributed by atoms with Crippen LogP contribution in [0.15, 0.2) is 42.5 Å². The van der Waals surface area contributed by atoms with E-state index in [-0.39, 0.29) is 0 Å². The Kier molecular flexibility index (Phi) is 5.31. The van der Waals surface area contributed by atoms with Gasteiger partial charge in [-0.25, -0.2) is 4.79 Å². The molecule has 31 heavy (non-hydrogen) atoms. The van der Waals surface area contributed by atoms with E-state index in [9.17, 15) is 14.4 Å². The molecule has 2 aromatic rings. The van der Waals surface area contributed by atoms with E-state index in [0.29, 0.717) is 41.9 Å². The summed E-state index contributed by atoms with van der Waals surface area (Å²) in [6.07, 6.45) is 0. The first-order valence-electron chi connectivity index (χ1n) is 10.2. The standard InChI is InChI=1S/C23H25N3O5/c1-14(2)15-4-6-16(7-5-15)23(3)21(28)26(22(29)25-23)13-20(27)24-17-8-9-18-19(12-17)31-11-10-30-18/h4-9,12,14H,10-11,13H2,1-3H3,(H,24,27)(H,25,29)/t23-/m1/s1. The van der Waals surface area contributed by atoms with E-state index in [2.05, 4.69) is 24.5 Å². The highest BCUT2D eigenvalue weighted by Crippen LogP contribution is 2.33. The smallest absolute Gasteiger partial charge is 0.325 e. The lowest BCUT2D eigenvalue weighted by atomic mass is 9.90. The molecule has 8 nitrogen and oxygen atoms in total. The van der Waals surface area contributed by atoms with E-state index in [0.717, 1.165) is 10.5 Å². The summed E-state index contributed by atoms with van der Waals surface area (Å²) in [5, 5.41) is 5.42. The number of ether oxygens (including phenoxy) is 2. The van der Waals surface area contributed by atoms with Crippen LogP contribution in [-0.2, 0) is 15.1 Å². The Morgan fingerprint density at radius 3 is 2.45 bits per heavy atom. The molecule has 4 amide bonds. The molecule has 1 saturated heterocycles. The summed E-state index contributed by atoms with van der Waals surface area (Å²) in [5.41, 5.74) is 1.09. The normalized spacial score (nSPS) is 20.1. The highest BCUT2D eigenvalue weighted by atomic mass is 16.6. The largest absolute Gasteiger partial charge is 0.486 e. The summed E-state index contributed by atoms with van der Waals surface area (Å²) in [7, 11) is 0. The van der Waals surface area contributed by atoms with Crippen LogP contribution in [0.2, 0.25) is 0 Å². The van der Waals surface area contributed by atoms with Crippen LogP contribution in [0.5, 0.6) is 11.5 Å². The van der Waals surface area contributed by atoms with Gasteiger partial charge in [-0.1, -0.05) is 38.1 Å². The summed E-state index contributed by atoms with van der Waals surface area (Å²) >= 11 is 0. The number of urea groups is 1. The summed E-state index contributed by atoms with van der Waals surface area (Å²) < 4.78 is 11.0. The molecular weight excluding hydrogens is 398 g/mol. The zero-order chi connectivity index (χ0) is 22.2. The number of carbonyl (C=O) groups is 3. The van der Waals surface area contributed by atoms with Gasteiger partial charge in [0.05, 0.1) is 0 Å². The van der Waals surface area contributed by atoms with Crippen molar-refractivity contribution in [1.29, 1.82) is 0 Å². The number of anilines is 1. The van der Waals surface area contributed by atoms with E-state index >= 15 is 0 Å². The number of nitrogens with zero attached hydrogens (tertiary/aromatic N) is 1. The minimum absolute atomic E-state index is 0.358. The highest BCUT2D eigenvalue weighted by Gasteiger charge is 2.49. The van der Waals surface area contributed by atoms with Crippen molar-refractivity contribution in [3.8, 4) is 11.5 Å².